The average molecular weight is 840 g/mol. The van der Waals surface area contributed by atoms with E-state index in [-0.39, 0.29) is 71.2 Å². The third-order valence-corrected chi connectivity index (χ3v) is 10.2. The first-order chi connectivity index (χ1) is 25.0. The molecule has 4 aliphatic rings. The molecule has 0 unspecified atom stereocenters. The van der Waals surface area contributed by atoms with Gasteiger partial charge in [0, 0.05) is 67.6 Å². The standard InChI is InChI=1S/C17H15Cl2F2NO3.C15H13Cl2F2NO2.C4H6O3/c1-9(23)25-14-13(11-3-2-10(18)8-12(11)19)15(24)22-16(14)4-6-17(20,21)7-5-16;16-8-1-2-9(10(17)7-8)11-12(21)14(20-13(11)22)3-5-15(18,19)6-4-14;1-3(5)7-4(2)6/h2-3,8H,4-7H2,1H3,(H,22,24);1-2,7,21H,3-6H2,(H,20,22);1-2H3. The van der Waals surface area contributed by atoms with E-state index in [2.05, 4.69) is 15.4 Å². The molecule has 0 saturated heterocycles. The van der Waals surface area contributed by atoms with Crippen molar-refractivity contribution in [3.05, 3.63) is 79.1 Å². The van der Waals surface area contributed by atoms with Crippen molar-refractivity contribution >= 4 is 87.3 Å². The van der Waals surface area contributed by atoms with Crippen molar-refractivity contribution in [2.24, 2.45) is 0 Å². The lowest BCUT2D eigenvalue weighted by molar-refractivity contribution is -0.156. The summed E-state index contributed by atoms with van der Waals surface area (Å²) in [7, 11) is 0. The molecule has 2 heterocycles. The van der Waals surface area contributed by atoms with E-state index in [0.29, 0.717) is 21.2 Å². The van der Waals surface area contributed by atoms with Crippen LogP contribution in [0.5, 0.6) is 0 Å². The maximum absolute atomic E-state index is 13.6. The lowest BCUT2D eigenvalue weighted by Gasteiger charge is -2.38. The van der Waals surface area contributed by atoms with Gasteiger partial charge in [-0.2, -0.15) is 0 Å². The quantitative estimate of drug-likeness (QED) is 0.158. The SMILES string of the molecule is CC(=O)OC(C)=O.CC(=O)OC1=C(c2ccc(Cl)cc2Cl)C(=O)NC12CCC(F)(F)CC2.O=C1NC2(CCC(F)(F)CC2)C(O)=C1c1ccc(Cl)cc1Cl. The van der Waals surface area contributed by atoms with Gasteiger partial charge in [0.2, 0.25) is 11.8 Å². The second-order valence-corrected chi connectivity index (χ2v) is 14.8. The minimum atomic E-state index is -2.79. The Morgan fingerprint density at radius 1 is 0.630 bits per heavy atom. The van der Waals surface area contributed by atoms with E-state index in [1.807, 2.05) is 0 Å². The van der Waals surface area contributed by atoms with Crippen LogP contribution in [0.2, 0.25) is 20.1 Å². The maximum atomic E-state index is 13.6. The summed E-state index contributed by atoms with van der Waals surface area (Å²) in [6.07, 6.45) is -1.62. The summed E-state index contributed by atoms with van der Waals surface area (Å²) < 4.78 is 63.2. The van der Waals surface area contributed by atoms with E-state index in [9.17, 15) is 46.6 Å². The number of carbonyl (C=O) groups is 5. The van der Waals surface area contributed by atoms with E-state index < -0.39 is 65.5 Å². The van der Waals surface area contributed by atoms with Gasteiger partial charge in [-0.25, -0.2) is 17.6 Å². The lowest BCUT2D eigenvalue weighted by Crippen LogP contribution is -2.50. The van der Waals surface area contributed by atoms with E-state index >= 15 is 0 Å². The molecule has 0 radical (unpaired) electrons. The summed E-state index contributed by atoms with van der Waals surface area (Å²) >= 11 is 24.0. The van der Waals surface area contributed by atoms with Crippen molar-refractivity contribution in [2.45, 2.75) is 95.1 Å². The third kappa shape index (κ3) is 9.87. The Labute approximate surface area is 327 Å². The highest BCUT2D eigenvalue weighted by atomic mass is 35.5. The molecule has 2 aromatic rings. The number of rotatable bonds is 3. The number of carbonyl (C=O) groups excluding carboxylic acids is 5. The van der Waals surface area contributed by atoms with Gasteiger partial charge in [0.1, 0.15) is 11.5 Å². The molecule has 2 saturated carbocycles. The molecule has 292 valence electrons. The van der Waals surface area contributed by atoms with Crippen LogP contribution in [0.4, 0.5) is 17.6 Å². The highest BCUT2D eigenvalue weighted by molar-refractivity contribution is 6.38. The fourth-order valence-electron chi connectivity index (χ4n) is 6.54. The predicted octanol–water partition coefficient (Wildman–Crippen LogP) is 8.78. The van der Waals surface area contributed by atoms with Gasteiger partial charge in [-0.3, -0.25) is 24.0 Å². The highest BCUT2D eigenvalue weighted by Crippen LogP contribution is 2.49. The van der Waals surface area contributed by atoms with Crippen molar-refractivity contribution in [3.8, 4) is 0 Å². The number of halogens is 8. The number of ether oxygens (including phenoxy) is 2. The van der Waals surface area contributed by atoms with Crippen LogP contribution in [0.1, 0.15) is 83.3 Å². The molecule has 2 amide bonds. The summed E-state index contributed by atoms with van der Waals surface area (Å²) in [5.41, 5.74) is -1.43. The number of benzene rings is 2. The van der Waals surface area contributed by atoms with Crippen molar-refractivity contribution in [2.75, 3.05) is 0 Å². The molecule has 0 aromatic heterocycles. The second kappa shape index (κ2) is 16.5. The van der Waals surface area contributed by atoms with Crippen LogP contribution in [0, 0.1) is 0 Å². The van der Waals surface area contributed by atoms with Gasteiger partial charge in [0.05, 0.1) is 32.3 Å². The van der Waals surface area contributed by atoms with Gasteiger partial charge >= 0.3 is 17.9 Å². The van der Waals surface area contributed by atoms with E-state index in [0.717, 1.165) is 0 Å². The average Bonchev–Trinajstić information content (AvgIpc) is 3.44. The van der Waals surface area contributed by atoms with Gasteiger partial charge in [-0.15, -0.1) is 0 Å². The predicted molar refractivity (Wildman–Crippen MR) is 192 cm³/mol. The van der Waals surface area contributed by atoms with Crippen LogP contribution in [-0.2, 0) is 33.4 Å². The molecule has 6 rings (SSSR count). The Morgan fingerprint density at radius 2 is 1.02 bits per heavy atom. The third-order valence-electron chi connectivity index (χ3n) is 9.12. The largest absolute Gasteiger partial charge is 0.509 e. The van der Waals surface area contributed by atoms with Crippen molar-refractivity contribution in [3.63, 3.8) is 0 Å². The molecule has 10 nitrogen and oxygen atoms in total. The number of alkyl halides is 4. The zero-order valence-electron chi connectivity index (χ0n) is 28.9. The van der Waals surface area contributed by atoms with Crippen LogP contribution in [-0.4, -0.2) is 57.8 Å². The molecule has 54 heavy (non-hydrogen) atoms. The van der Waals surface area contributed by atoms with Crippen LogP contribution in [0.15, 0.2) is 47.9 Å². The molecule has 2 aliphatic heterocycles. The van der Waals surface area contributed by atoms with Crippen LogP contribution >= 0.6 is 46.4 Å². The van der Waals surface area contributed by atoms with Gasteiger partial charge < -0.3 is 25.2 Å². The monoisotopic (exact) mass is 838 g/mol. The Kier molecular flexibility index (Phi) is 13.1. The van der Waals surface area contributed by atoms with E-state index in [1.54, 1.807) is 18.2 Å². The number of nitrogens with one attached hydrogen (secondary N) is 2. The molecular formula is C36H34Cl4F4N2O8. The van der Waals surface area contributed by atoms with Crippen LogP contribution in [0.3, 0.4) is 0 Å². The normalized spacial score (nSPS) is 20.3. The van der Waals surface area contributed by atoms with Gasteiger partial charge in [0.25, 0.3) is 11.8 Å². The zero-order chi connectivity index (χ0) is 40.4. The summed E-state index contributed by atoms with van der Waals surface area (Å²) in [5.74, 6) is -8.47. The topological polar surface area (TPSA) is 148 Å². The fraction of sp³-hybridized carbons (Fsp3) is 0.417. The fourth-order valence-corrected chi connectivity index (χ4v) is 7.54. The van der Waals surface area contributed by atoms with Crippen LogP contribution in [0.25, 0.3) is 11.1 Å². The minimum Gasteiger partial charge on any atom is -0.509 e. The zero-order valence-corrected chi connectivity index (χ0v) is 32.0. The number of amides is 2. The first kappa shape index (κ1) is 42.9. The first-order valence-electron chi connectivity index (χ1n) is 16.4. The summed E-state index contributed by atoms with van der Waals surface area (Å²) in [5, 5.41) is 17.1. The Morgan fingerprint density at radius 3 is 1.41 bits per heavy atom. The molecule has 0 atom stereocenters. The second-order valence-electron chi connectivity index (χ2n) is 13.1. The van der Waals surface area contributed by atoms with Crippen LogP contribution < -0.4 is 10.6 Å². The number of aliphatic hydroxyl groups excluding tert-OH is 1. The molecular weight excluding hydrogens is 806 g/mol. The highest BCUT2D eigenvalue weighted by Gasteiger charge is 2.54. The van der Waals surface area contributed by atoms with Gasteiger partial charge in [-0.1, -0.05) is 58.5 Å². The van der Waals surface area contributed by atoms with Crippen molar-refractivity contribution < 1.29 is 56.1 Å². The number of hydrogen-bond donors (Lipinski definition) is 3. The molecule has 3 N–H and O–H groups in total. The Hall–Kier alpha value is -3.85. The number of hydrogen-bond acceptors (Lipinski definition) is 8. The first-order valence-corrected chi connectivity index (χ1v) is 17.9. The summed E-state index contributed by atoms with van der Waals surface area (Å²) in [6.45, 7) is 3.56. The van der Waals surface area contributed by atoms with E-state index in [1.165, 1.54) is 39.0 Å². The molecule has 18 heteroatoms. The maximum Gasteiger partial charge on any atom is 0.310 e. The molecule has 0 bridgehead atoms. The number of esters is 3. The summed E-state index contributed by atoms with van der Waals surface area (Å²) in [4.78, 5) is 56.0. The summed E-state index contributed by atoms with van der Waals surface area (Å²) in [6, 6.07) is 9.10. The molecule has 2 aromatic carbocycles. The minimum absolute atomic E-state index is 0.00766. The number of aliphatic hydroxyl groups is 1. The smallest absolute Gasteiger partial charge is 0.310 e. The van der Waals surface area contributed by atoms with Gasteiger partial charge in [0.15, 0.2) is 0 Å². The molecule has 2 spiro atoms. The lowest BCUT2D eigenvalue weighted by atomic mass is 9.78. The van der Waals surface area contributed by atoms with Gasteiger partial charge in [-0.05, 0) is 49.9 Å². The van der Waals surface area contributed by atoms with Crippen molar-refractivity contribution in [1.29, 1.82) is 0 Å². The Balaban J connectivity index is 0.000000206. The van der Waals surface area contributed by atoms with Crippen molar-refractivity contribution in [1.82, 2.24) is 10.6 Å². The molecule has 2 aliphatic carbocycles. The van der Waals surface area contributed by atoms with E-state index in [4.69, 9.17) is 51.1 Å². The molecule has 2 fully saturated rings. The Bertz CT molecular complexity index is 1920.